The molecule has 0 aliphatic carbocycles. The number of halogens is 1. The molecule has 1 amide bonds. The van der Waals surface area contributed by atoms with Crippen molar-refractivity contribution in [3.05, 3.63) is 52.3 Å². The second-order valence-corrected chi connectivity index (χ2v) is 6.25. The molecule has 7 nitrogen and oxygen atoms in total. The lowest BCUT2D eigenvalue weighted by atomic mass is 10.0. The summed E-state index contributed by atoms with van der Waals surface area (Å²) in [6.45, 7) is 1.59. The number of carboxylic acid groups (broad SMARTS) is 1. The molecule has 2 heterocycles. The third-order valence-corrected chi connectivity index (χ3v) is 4.21. The van der Waals surface area contributed by atoms with Gasteiger partial charge in [0.15, 0.2) is 12.1 Å². The SMILES string of the molecule is Cc1ocnc1C(=O)N[C@H](Cc1c[nH]c2ccc(Br)cc12)C(=O)O. The van der Waals surface area contributed by atoms with E-state index in [4.69, 9.17) is 4.42 Å². The lowest BCUT2D eigenvalue weighted by Gasteiger charge is -2.13. The van der Waals surface area contributed by atoms with Crippen LogP contribution in [0.1, 0.15) is 21.8 Å². The van der Waals surface area contributed by atoms with E-state index in [1.54, 1.807) is 13.1 Å². The molecule has 124 valence electrons. The molecule has 2 aromatic heterocycles. The van der Waals surface area contributed by atoms with E-state index in [0.717, 1.165) is 27.3 Å². The van der Waals surface area contributed by atoms with Gasteiger partial charge < -0.3 is 19.8 Å². The first-order valence-corrected chi connectivity index (χ1v) is 7.94. The van der Waals surface area contributed by atoms with Crippen LogP contribution in [0.15, 0.2) is 39.7 Å². The number of H-pyrrole nitrogens is 1. The Morgan fingerprint density at radius 3 is 2.92 bits per heavy atom. The topological polar surface area (TPSA) is 108 Å². The van der Waals surface area contributed by atoms with Crippen LogP contribution < -0.4 is 5.32 Å². The number of carbonyl (C=O) groups excluding carboxylic acids is 1. The number of aryl methyl sites for hydroxylation is 1. The molecule has 0 saturated heterocycles. The number of nitrogens with zero attached hydrogens (tertiary/aromatic N) is 1. The third kappa shape index (κ3) is 3.18. The van der Waals surface area contributed by atoms with Gasteiger partial charge in [-0.25, -0.2) is 9.78 Å². The van der Waals surface area contributed by atoms with Crippen molar-refractivity contribution in [1.29, 1.82) is 0 Å². The summed E-state index contributed by atoms with van der Waals surface area (Å²) in [5, 5.41) is 12.8. The monoisotopic (exact) mass is 391 g/mol. The van der Waals surface area contributed by atoms with E-state index in [9.17, 15) is 14.7 Å². The molecular weight excluding hydrogens is 378 g/mol. The van der Waals surface area contributed by atoms with Crippen molar-refractivity contribution in [3.63, 3.8) is 0 Å². The van der Waals surface area contributed by atoms with E-state index in [1.807, 2.05) is 18.2 Å². The second-order valence-electron chi connectivity index (χ2n) is 5.33. The van der Waals surface area contributed by atoms with Gasteiger partial charge in [0.1, 0.15) is 11.8 Å². The zero-order chi connectivity index (χ0) is 17.3. The highest BCUT2D eigenvalue weighted by atomic mass is 79.9. The van der Waals surface area contributed by atoms with Crippen LogP contribution in [-0.4, -0.2) is 33.0 Å². The van der Waals surface area contributed by atoms with Gasteiger partial charge in [-0.1, -0.05) is 15.9 Å². The maximum atomic E-state index is 12.2. The van der Waals surface area contributed by atoms with Crippen molar-refractivity contribution >= 4 is 38.7 Å². The van der Waals surface area contributed by atoms with Gasteiger partial charge in [0.25, 0.3) is 5.91 Å². The number of aliphatic carboxylic acids is 1. The van der Waals surface area contributed by atoms with Gasteiger partial charge in [-0.3, -0.25) is 4.79 Å². The average molecular weight is 392 g/mol. The first kappa shape index (κ1) is 16.3. The summed E-state index contributed by atoms with van der Waals surface area (Å²) in [6, 6.07) is 4.62. The van der Waals surface area contributed by atoms with Crippen LogP contribution in [-0.2, 0) is 11.2 Å². The number of oxazole rings is 1. The number of rotatable bonds is 5. The summed E-state index contributed by atoms with van der Waals surface area (Å²) in [5.41, 5.74) is 1.79. The summed E-state index contributed by atoms with van der Waals surface area (Å²) >= 11 is 3.40. The summed E-state index contributed by atoms with van der Waals surface area (Å²) < 4.78 is 5.87. The Morgan fingerprint density at radius 2 is 2.25 bits per heavy atom. The van der Waals surface area contributed by atoms with Gasteiger partial charge in [-0.15, -0.1) is 0 Å². The molecule has 3 aromatic rings. The number of benzene rings is 1. The highest BCUT2D eigenvalue weighted by Crippen LogP contribution is 2.23. The Bertz CT molecular complexity index is 915. The van der Waals surface area contributed by atoms with E-state index in [0.29, 0.717) is 5.76 Å². The maximum Gasteiger partial charge on any atom is 0.326 e. The van der Waals surface area contributed by atoms with Crippen molar-refractivity contribution < 1.29 is 19.1 Å². The minimum atomic E-state index is -1.12. The van der Waals surface area contributed by atoms with Crippen LogP contribution >= 0.6 is 15.9 Å². The molecule has 3 rings (SSSR count). The normalized spacial score (nSPS) is 12.2. The molecule has 0 unspecified atom stereocenters. The van der Waals surface area contributed by atoms with E-state index < -0.39 is 17.9 Å². The largest absolute Gasteiger partial charge is 0.480 e. The van der Waals surface area contributed by atoms with Crippen LogP contribution in [0.5, 0.6) is 0 Å². The molecule has 24 heavy (non-hydrogen) atoms. The number of hydrogen-bond acceptors (Lipinski definition) is 4. The molecule has 0 saturated carbocycles. The third-order valence-electron chi connectivity index (χ3n) is 3.72. The van der Waals surface area contributed by atoms with Gasteiger partial charge in [0, 0.05) is 28.0 Å². The fraction of sp³-hybridized carbons (Fsp3) is 0.188. The molecule has 0 radical (unpaired) electrons. The minimum Gasteiger partial charge on any atom is -0.480 e. The number of carbonyl (C=O) groups is 2. The van der Waals surface area contributed by atoms with Crippen LogP contribution in [0.2, 0.25) is 0 Å². The summed E-state index contributed by atoms with van der Waals surface area (Å²) in [5.74, 6) is -1.35. The predicted octanol–water partition coefficient (Wildman–Crippen LogP) is 2.65. The standard InChI is InChI=1S/C16H14BrN3O4/c1-8-14(19-7-24-8)15(21)20-13(16(22)23)4-9-6-18-12-3-2-10(17)5-11(9)12/h2-3,5-7,13,18H,4H2,1H3,(H,20,21)(H,22,23)/t13-/m1/s1. The molecule has 0 aliphatic rings. The number of aromatic amines is 1. The number of nitrogens with one attached hydrogen (secondary N) is 2. The summed E-state index contributed by atoms with van der Waals surface area (Å²) in [4.78, 5) is 30.6. The van der Waals surface area contributed by atoms with Crippen molar-refractivity contribution in [2.24, 2.45) is 0 Å². The first-order valence-electron chi connectivity index (χ1n) is 7.15. The Morgan fingerprint density at radius 1 is 1.46 bits per heavy atom. The lowest BCUT2D eigenvalue weighted by Crippen LogP contribution is -2.42. The van der Waals surface area contributed by atoms with E-state index in [1.165, 1.54) is 0 Å². The fourth-order valence-electron chi connectivity index (χ4n) is 2.49. The van der Waals surface area contributed by atoms with Gasteiger partial charge in [0.05, 0.1) is 0 Å². The van der Waals surface area contributed by atoms with Crippen molar-refractivity contribution in [2.75, 3.05) is 0 Å². The average Bonchev–Trinajstić information content (AvgIpc) is 3.13. The van der Waals surface area contributed by atoms with Crippen molar-refractivity contribution in [2.45, 2.75) is 19.4 Å². The second kappa shape index (κ2) is 6.48. The summed E-state index contributed by atoms with van der Waals surface area (Å²) in [6.07, 6.45) is 3.05. The molecule has 1 aromatic carbocycles. The summed E-state index contributed by atoms with van der Waals surface area (Å²) in [7, 11) is 0. The van der Waals surface area contributed by atoms with E-state index >= 15 is 0 Å². The molecule has 0 aliphatic heterocycles. The number of aromatic nitrogens is 2. The Labute approximate surface area is 145 Å². The molecule has 3 N–H and O–H groups in total. The van der Waals surface area contributed by atoms with E-state index in [2.05, 4.69) is 31.2 Å². The highest BCUT2D eigenvalue weighted by molar-refractivity contribution is 9.10. The van der Waals surface area contributed by atoms with Crippen LogP contribution in [0.4, 0.5) is 0 Å². The number of amides is 1. The molecule has 0 spiro atoms. The lowest BCUT2D eigenvalue weighted by molar-refractivity contribution is -0.139. The maximum absolute atomic E-state index is 12.2. The Hall–Kier alpha value is -2.61. The molecule has 8 heteroatoms. The first-order chi connectivity index (χ1) is 11.5. The molecule has 1 atom stereocenters. The number of hydrogen-bond donors (Lipinski definition) is 3. The quantitative estimate of drug-likeness (QED) is 0.619. The van der Waals surface area contributed by atoms with Gasteiger partial charge in [0.2, 0.25) is 0 Å². The molecule has 0 fully saturated rings. The smallest absolute Gasteiger partial charge is 0.326 e. The van der Waals surface area contributed by atoms with Crippen molar-refractivity contribution in [3.8, 4) is 0 Å². The zero-order valence-electron chi connectivity index (χ0n) is 12.7. The van der Waals surface area contributed by atoms with Gasteiger partial charge in [-0.05, 0) is 30.7 Å². The van der Waals surface area contributed by atoms with Gasteiger partial charge in [-0.2, -0.15) is 0 Å². The minimum absolute atomic E-state index is 0.0860. The van der Waals surface area contributed by atoms with Gasteiger partial charge >= 0.3 is 5.97 Å². The fourth-order valence-corrected chi connectivity index (χ4v) is 2.85. The van der Waals surface area contributed by atoms with Crippen LogP contribution in [0, 0.1) is 6.92 Å². The predicted molar refractivity (Wildman–Crippen MR) is 89.8 cm³/mol. The Balaban J connectivity index is 1.83. The van der Waals surface area contributed by atoms with Crippen molar-refractivity contribution in [1.82, 2.24) is 15.3 Å². The molecule has 0 bridgehead atoms. The zero-order valence-corrected chi connectivity index (χ0v) is 14.3. The molecular formula is C16H14BrN3O4. The Kier molecular flexibility index (Phi) is 4.39. The van der Waals surface area contributed by atoms with E-state index in [-0.39, 0.29) is 12.1 Å². The highest BCUT2D eigenvalue weighted by Gasteiger charge is 2.24. The van der Waals surface area contributed by atoms with Crippen LogP contribution in [0.3, 0.4) is 0 Å². The number of carboxylic acids is 1. The number of fused-ring (bicyclic) bond motifs is 1. The van der Waals surface area contributed by atoms with Crippen LogP contribution in [0.25, 0.3) is 10.9 Å².